The molecule has 5 nitrogen and oxygen atoms in total. The highest BCUT2D eigenvalue weighted by molar-refractivity contribution is 7.17. The Morgan fingerprint density at radius 1 is 1.19 bits per heavy atom. The molecule has 0 aliphatic heterocycles. The Bertz CT molecular complexity index is 750. The third kappa shape index (κ3) is 2.51. The Balaban J connectivity index is 1.62. The standard InChI is InChI=1S/C15H16N4OS/c1-2-5-11(6-3-1)14-16-17-15-19(14)18-13(21-15)9-8-12-7-4-10-20-12/h4,7-11H,1-3,5-6H2. The minimum atomic E-state index is 0.512. The van der Waals surface area contributed by atoms with Crippen LogP contribution in [0.4, 0.5) is 0 Å². The van der Waals surface area contributed by atoms with Crippen molar-refractivity contribution < 1.29 is 4.42 Å². The summed E-state index contributed by atoms with van der Waals surface area (Å²) < 4.78 is 7.20. The summed E-state index contributed by atoms with van der Waals surface area (Å²) in [6.07, 6.45) is 11.9. The second kappa shape index (κ2) is 5.44. The second-order valence-corrected chi connectivity index (χ2v) is 6.36. The van der Waals surface area contributed by atoms with E-state index in [-0.39, 0.29) is 0 Å². The van der Waals surface area contributed by atoms with Crippen LogP contribution >= 0.6 is 11.3 Å². The zero-order valence-electron chi connectivity index (χ0n) is 11.6. The van der Waals surface area contributed by atoms with Gasteiger partial charge in [-0.2, -0.15) is 9.61 Å². The molecule has 0 N–H and O–H groups in total. The summed E-state index contributed by atoms with van der Waals surface area (Å²) in [4.78, 5) is 0.870. The van der Waals surface area contributed by atoms with E-state index in [1.807, 2.05) is 28.8 Å². The normalized spacial score (nSPS) is 17.1. The summed E-state index contributed by atoms with van der Waals surface area (Å²) >= 11 is 1.55. The molecule has 1 fully saturated rings. The Kier molecular flexibility index (Phi) is 3.31. The van der Waals surface area contributed by atoms with Crippen molar-refractivity contribution in [2.24, 2.45) is 0 Å². The Labute approximate surface area is 126 Å². The molecule has 4 rings (SSSR count). The molecular formula is C15H16N4OS. The van der Waals surface area contributed by atoms with Crippen LogP contribution in [0.3, 0.4) is 0 Å². The molecule has 6 heteroatoms. The molecule has 1 aliphatic carbocycles. The first kappa shape index (κ1) is 12.8. The van der Waals surface area contributed by atoms with Gasteiger partial charge in [0.25, 0.3) is 0 Å². The molecule has 21 heavy (non-hydrogen) atoms. The van der Waals surface area contributed by atoms with E-state index in [9.17, 15) is 0 Å². The maximum atomic E-state index is 5.28. The van der Waals surface area contributed by atoms with Crippen molar-refractivity contribution in [2.75, 3.05) is 0 Å². The molecule has 0 aromatic carbocycles. The predicted molar refractivity (Wildman–Crippen MR) is 82.1 cm³/mol. The average molecular weight is 300 g/mol. The molecule has 0 spiro atoms. The fourth-order valence-corrected chi connectivity index (χ4v) is 3.62. The molecule has 108 valence electrons. The van der Waals surface area contributed by atoms with E-state index in [4.69, 9.17) is 4.42 Å². The van der Waals surface area contributed by atoms with E-state index in [2.05, 4.69) is 15.3 Å². The lowest BCUT2D eigenvalue weighted by Gasteiger charge is -2.18. The number of hydrogen-bond donors (Lipinski definition) is 0. The number of furan rings is 1. The third-order valence-corrected chi connectivity index (χ3v) is 4.80. The highest BCUT2D eigenvalue weighted by Crippen LogP contribution is 2.32. The molecule has 1 saturated carbocycles. The number of rotatable bonds is 3. The molecule has 0 saturated heterocycles. The van der Waals surface area contributed by atoms with Gasteiger partial charge in [-0.05, 0) is 37.1 Å². The van der Waals surface area contributed by atoms with Crippen molar-refractivity contribution in [3.63, 3.8) is 0 Å². The molecule has 3 aromatic rings. The maximum Gasteiger partial charge on any atom is 0.234 e. The highest BCUT2D eigenvalue weighted by atomic mass is 32.1. The molecule has 0 unspecified atom stereocenters. The lowest BCUT2D eigenvalue weighted by molar-refractivity contribution is 0.423. The molecule has 0 bridgehead atoms. The van der Waals surface area contributed by atoms with Crippen LogP contribution in [0.25, 0.3) is 17.1 Å². The van der Waals surface area contributed by atoms with E-state index in [0.717, 1.165) is 21.6 Å². The zero-order valence-corrected chi connectivity index (χ0v) is 12.4. The molecular weight excluding hydrogens is 284 g/mol. The number of hydrogen-bond acceptors (Lipinski definition) is 5. The van der Waals surface area contributed by atoms with Crippen LogP contribution in [0, 0.1) is 0 Å². The maximum absolute atomic E-state index is 5.28. The van der Waals surface area contributed by atoms with Crippen LogP contribution in [0.15, 0.2) is 22.8 Å². The van der Waals surface area contributed by atoms with Crippen LogP contribution < -0.4 is 0 Å². The smallest absolute Gasteiger partial charge is 0.234 e. The fourth-order valence-electron chi connectivity index (χ4n) is 2.87. The van der Waals surface area contributed by atoms with Gasteiger partial charge in [0.2, 0.25) is 4.96 Å². The van der Waals surface area contributed by atoms with E-state index in [0.29, 0.717) is 5.92 Å². The van der Waals surface area contributed by atoms with Gasteiger partial charge in [0.15, 0.2) is 5.82 Å². The Hall–Kier alpha value is -1.95. The molecule has 0 radical (unpaired) electrons. The minimum Gasteiger partial charge on any atom is -0.465 e. The lowest BCUT2D eigenvalue weighted by atomic mass is 9.89. The summed E-state index contributed by atoms with van der Waals surface area (Å²) in [5, 5.41) is 14.2. The van der Waals surface area contributed by atoms with Gasteiger partial charge in [0.05, 0.1) is 6.26 Å². The monoisotopic (exact) mass is 300 g/mol. The van der Waals surface area contributed by atoms with Crippen molar-refractivity contribution in [1.82, 2.24) is 19.8 Å². The van der Waals surface area contributed by atoms with E-state index in [1.54, 1.807) is 17.6 Å². The molecule has 0 atom stereocenters. The average Bonchev–Trinajstić information content (AvgIpc) is 3.22. The summed E-state index contributed by atoms with van der Waals surface area (Å²) in [7, 11) is 0. The SMILES string of the molecule is C(=Cc1nn2c(C3CCCCC3)nnc2s1)c1ccco1. The van der Waals surface area contributed by atoms with Crippen molar-refractivity contribution >= 4 is 28.4 Å². The fraction of sp³-hybridized carbons (Fsp3) is 0.400. The molecule has 0 amide bonds. The van der Waals surface area contributed by atoms with Gasteiger partial charge in [-0.1, -0.05) is 30.6 Å². The second-order valence-electron chi connectivity index (χ2n) is 5.38. The largest absolute Gasteiger partial charge is 0.465 e. The van der Waals surface area contributed by atoms with Crippen LogP contribution in [-0.4, -0.2) is 19.8 Å². The van der Waals surface area contributed by atoms with Gasteiger partial charge >= 0.3 is 0 Å². The van der Waals surface area contributed by atoms with Crippen molar-refractivity contribution in [3.8, 4) is 0 Å². The van der Waals surface area contributed by atoms with Crippen LogP contribution in [0.5, 0.6) is 0 Å². The van der Waals surface area contributed by atoms with Gasteiger partial charge in [-0.3, -0.25) is 0 Å². The number of nitrogens with zero attached hydrogens (tertiary/aromatic N) is 4. The Morgan fingerprint density at radius 3 is 2.90 bits per heavy atom. The highest BCUT2D eigenvalue weighted by Gasteiger charge is 2.22. The number of fused-ring (bicyclic) bond motifs is 1. The van der Waals surface area contributed by atoms with Crippen molar-refractivity contribution in [2.45, 2.75) is 38.0 Å². The van der Waals surface area contributed by atoms with Crippen LogP contribution in [0.1, 0.15) is 54.6 Å². The zero-order chi connectivity index (χ0) is 14.1. The van der Waals surface area contributed by atoms with Crippen molar-refractivity contribution in [1.29, 1.82) is 0 Å². The first-order chi connectivity index (χ1) is 10.4. The number of aromatic nitrogens is 4. The van der Waals surface area contributed by atoms with Gasteiger partial charge in [-0.25, -0.2) is 0 Å². The van der Waals surface area contributed by atoms with Gasteiger partial charge < -0.3 is 4.42 Å². The molecule has 1 aliphatic rings. The summed E-state index contributed by atoms with van der Waals surface area (Å²) in [5.74, 6) is 2.37. The summed E-state index contributed by atoms with van der Waals surface area (Å²) in [6, 6.07) is 3.80. The Morgan fingerprint density at radius 2 is 2.10 bits per heavy atom. The molecule has 3 aromatic heterocycles. The van der Waals surface area contributed by atoms with E-state index < -0.39 is 0 Å². The van der Waals surface area contributed by atoms with Gasteiger partial charge in [0.1, 0.15) is 10.8 Å². The molecule has 3 heterocycles. The van der Waals surface area contributed by atoms with Crippen LogP contribution in [0.2, 0.25) is 0 Å². The van der Waals surface area contributed by atoms with Gasteiger partial charge in [-0.15, -0.1) is 10.2 Å². The predicted octanol–water partition coefficient (Wildman–Crippen LogP) is 4.00. The van der Waals surface area contributed by atoms with Gasteiger partial charge in [0, 0.05) is 5.92 Å². The van der Waals surface area contributed by atoms with Crippen molar-refractivity contribution in [3.05, 3.63) is 35.0 Å². The first-order valence-electron chi connectivity index (χ1n) is 7.34. The summed E-state index contributed by atoms with van der Waals surface area (Å²) in [6.45, 7) is 0. The van der Waals surface area contributed by atoms with E-state index in [1.165, 1.54) is 32.1 Å². The first-order valence-corrected chi connectivity index (χ1v) is 8.15. The third-order valence-electron chi connectivity index (χ3n) is 3.93. The summed E-state index contributed by atoms with van der Waals surface area (Å²) in [5.41, 5.74) is 0. The van der Waals surface area contributed by atoms with Crippen LogP contribution in [-0.2, 0) is 0 Å². The lowest BCUT2D eigenvalue weighted by Crippen LogP contribution is -2.09. The quantitative estimate of drug-likeness (QED) is 0.733. The topological polar surface area (TPSA) is 56.2 Å². The minimum absolute atomic E-state index is 0.512. The van der Waals surface area contributed by atoms with E-state index >= 15 is 0 Å².